The predicted molar refractivity (Wildman–Crippen MR) is 116 cm³/mol. The number of amides is 1. The van der Waals surface area contributed by atoms with Gasteiger partial charge in [0, 0.05) is 50.8 Å². The van der Waals surface area contributed by atoms with Gasteiger partial charge in [-0.15, -0.1) is 0 Å². The summed E-state index contributed by atoms with van der Waals surface area (Å²) < 4.78 is 8.30. The zero-order valence-electron chi connectivity index (χ0n) is 17.5. The molecule has 3 aliphatic rings. The van der Waals surface area contributed by atoms with Gasteiger partial charge in [-0.1, -0.05) is 42.5 Å². The van der Waals surface area contributed by atoms with Gasteiger partial charge in [-0.05, 0) is 25.3 Å². The van der Waals surface area contributed by atoms with E-state index in [1.807, 2.05) is 19.2 Å². The van der Waals surface area contributed by atoms with E-state index in [0.29, 0.717) is 23.9 Å². The minimum Gasteiger partial charge on any atom is -0.370 e. The molecule has 3 fully saturated rings. The summed E-state index contributed by atoms with van der Waals surface area (Å²) in [6.07, 6.45) is 10.4. The van der Waals surface area contributed by atoms with Crippen molar-refractivity contribution in [2.24, 2.45) is 11.8 Å². The van der Waals surface area contributed by atoms with Crippen molar-refractivity contribution < 1.29 is 9.53 Å². The molecule has 1 aromatic carbocycles. The first-order chi connectivity index (χ1) is 14.7. The van der Waals surface area contributed by atoms with Crippen molar-refractivity contribution in [2.45, 2.75) is 38.0 Å². The summed E-state index contributed by atoms with van der Waals surface area (Å²) in [6, 6.07) is 10.4. The molecule has 1 amide bonds. The Hall–Kier alpha value is -2.44. The molecule has 1 aromatic heterocycles. The Balaban J connectivity index is 1.19. The molecule has 1 spiro atoms. The summed E-state index contributed by atoms with van der Waals surface area (Å²) in [5.41, 5.74) is 1.86. The number of nitrogens with one attached hydrogen (secondary N) is 1. The summed E-state index contributed by atoms with van der Waals surface area (Å²) >= 11 is 0. The minimum absolute atomic E-state index is 0.00621. The largest absolute Gasteiger partial charge is 0.370 e. The molecule has 0 saturated carbocycles. The monoisotopic (exact) mass is 406 g/mol. The Morgan fingerprint density at radius 1 is 1.37 bits per heavy atom. The third kappa shape index (κ3) is 3.59. The predicted octanol–water partition coefficient (Wildman–Crippen LogP) is 2.83. The molecule has 2 aromatic rings. The molecule has 5 rings (SSSR count). The van der Waals surface area contributed by atoms with Crippen LogP contribution < -0.4 is 5.32 Å². The second kappa shape index (κ2) is 8.00. The molecule has 3 aliphatic heterocycles. The number of hydrogen-bond acceptors (Lipinski definition) is 4. The van der Waals surface area contributed by atoms with Crippen molar-refractivity contribution in [3.8, 4) is 0 Å². The molecule has 4 atom stereocenters. The van der Waals surface area contributed by atoms with Gasteiger partial charge in [0.2, 0.25) is 0 Å². The van der Waals surface area contributed by atoms with E-state index >= 15 is 0 Å². The first kappa shape index (κ1) is 19.5. The van der Waals surface area contributed by atoms with Crippen LogP contribution in [-0.2, 0) is 11.3 Å². The van der Waals surface area contributed by atoms with Crippen LogP contribution in [0.25, 0.3) is 6.08 Å². The van der Waals surface area contributed by atoms with Crippen LogP contribution in [0.15, 0.2) is 48.8 Å². The van der Waals surface area contributed by atoms with E-state index in [0.717, 1.165) is 39.0 Å². The lowest BCUT2D eigenvalue weighted by molar-refractivity contribution is 0.00366. The topological polar surface area (TPSA) is 59.4 Å². The number of benzene rings is 1. The summed E-state index contributed by atoms with van der Waals surface area (Å²) in [4.78, 5) is 15.0. The summed E-state index contributed by atoms with van der Waals surface area (Å²) in [7, 11) is 0. The summed E-state index contributed by atoms with van der Waals surface area (Å²) in [5.74, 6) is 0.860. The van der Waals surface area contributed by atoms with Gasteiger partial charge >= 0.3 is 0 Å². The highest BCUT2D eigenvalue weighted by Crippen LogP contribution is 2.54. The number of nitrogens with zero attached hydrogens (tertiary/aromatic N) is 3. The van der Waals surface area contributed by atoms with E-state index in [1.54, 1.807) is 10.9 Å². The third-order valence-corrected chi connectivity index (χ3v) is 7.05. The van der Waals surface area contributed by atoms with Gasteiger partial charge < -0.3 is 10.1 Å². The van der Waals surface area contributed by atoms with Gasteiger partial charge in [0.15, 0.2) is 0 Å². The number of likely N-dealkylation sites (tertiary alicyclic amines) is 1. The Morgan fingerprint density at radius 2 is 2.23 bits per heavy atom. The van der Waals surface area contributed by atoms with E-state index in [-0.39, 0.29) is 17.6 Å². The van der Waals surface area contributed by atoms with Crippen molar-refractivity contribution in [1.82, 2.24) is 20.0 Å². The lowest BCUT2D eigenvalue weighted by Gasteiger charge is -2.29. The molecule has 3 saturated heterocycles. The van der Waals surface area contributed by atoms with Crippen LogP contribution in [0.1, 0.15) is 35.7 Å². The molecule has 2 bridgehead atoms. The average molecular weight is 407 g/mol. The van der Waals surface area contributed by atoms with Crippen LogP contribution in [0.5, 0.6) is 0 Å². The molecule has 30 heavy (non-hydrogen) atoms. The zero-order chi connectivity index (χ0) is 20.6. The highest BCUT2D eigenvalue weighted by atomic mass is 16.5. The maximum atomic E-state index is 12.5. The van der Waals surface area contributed by atoms with Crippen molar-refractivity contribution in [2.75, 3.05) is 26.2 Å². The van der Waals surface area contributed by atoms with E-state index in [1.165, 1.54) is 5.56 Å². The van der Waals surface area contributed by atoms with Crippen molar-refractivity contribution in [1.29, 1.82) is 0 Å². The number of carbonyl (C=O) groups excluding carboxylic acids is 1. The number of rotatable bonds is 7. The fourth-order valence-corrected chi connectivity index (χ4v) is 5.57. The van der Waals surface area contributed by atoms with Gasteiger partial charge in [0.1, 0.15) is 0 Å². The Kier molecular flexibility index (Phi) is 5.21. The molecule has 158 valence electrons. The number of aromatic nitrogens is 2. The molecule has 0 aliphatic carbocycles. The number of fused-ring (bicyclic) bond motifs is 1. The van der Waals surface area contributed by atoms with E-state index in [9.17, 15) is 4.79 Å². The fourth-order valence-electron chi connectivity index (χ4n) is 5.57. The van der Waals surface area contributed by atoms with Crippen LogP contribution in [0, 0.1) is 11.8 Å². The second-order valence-electron chi connectivity index (χ2n) is 8.83. The molecule has 4 heterocycles. The Bertz CT molecular complexity index is 924. The van der Waals surface area contributed by atoms with Crippen molar-refractivity contribution in [3.63, 3.8) is 0 Å². The number of hydrogen-bond donors (Lipinski definition) is 1. The summed E-state index contributed by atoms with van der Waals surface area (Å²) in [6.45, 7) is 6.45. The van der Waals surface area contributed by atoms with Gasteiger partial charge in [0.05, 0.1) is 23.5 Å². The van der Waals surface area contributed by atoms with E-state index < -0.39 is 0 Å². The highest BCUT2D eigenvalue weighted by Gasteiger charge is 2.62. The lowest BCUT2D eigenvalue weighted by Crippen LogP contribution is -2.41. The van der Waals surface area contributed by atoms with Crippen LogP contribution in [-0.4, -0.2) is 58.5 Å². The van der Waals surface area contributed by atoms with Crippen molar-refractivity contribution in [3.05, 3.63) is 59.9 Å². The number of carbonyl (C=O) groups is 1. The molecule has 6 nitrogen and oxygen atoms in total. The molecule has 6 heteroatoms. The Labute approximate surface area is 177 Å². The summed E-state index contributed by atoms with van der Waals surface area (Å²) in [5, 5.41) is 7.35. The van der Waals surface area contributed by atoms with Crippen LogP contribution in [0.3, 0.4) is 0 Å². The number of aryl methyl sites for hydroxylation is 1. The van der Waals surface area contributed by atoms with Gasteiger partial charge in [-0.2, -0.15) is 5.10 Å². The smallest absolute Gasteiger partial charge is 0.254 e. The van der Waals surface area contributed by atoms with Crippen LogP contribution in [0.2, 0.25) is 0 Å². The quantitative estimate of drug-likeness (QED) is 0.768. The van der Waals surface area contributed by atoms with E-state index in [4.69, 9.17) is 4.74 Å². The van der Waals surface area contributed by atoms with Crippen LogP contribution in [0.4, 0.5) is 0 Å². The first-order valence-electron chi connectivity index (χ1n) is 11.1. The zero-order valence-corrected chi connectivity index (χ0v) is 17.5. The van der Waals surface area contributed by atoms with Gasteiger partial charge in [-0.3, -0.25) is 14.4 Å². The fraction of sp³-hybridized carbons (Fsp3) is 0.500. The normalized spacial score (nSPS) is 30.2. The number of ether oxygens (including phenoxy) is 1. The average Bonchev–Trinajstić information content (AvgIpc) is 3.52. The standard InChI is InChI=1S/C24H30N4O2/c1-2-28-15-19(13-26-28)23(29)25-14-20-21-16-27(17-24(21)11-10-22(20)30-24)12-6-9-18-7-4-3-5-8-18/h3-9,13,15,20-22H,2,10-12,14,16-17H2,1H3,(H,25,29)/t20-,21+,22+,24+/m0/s1. The van der Waals surface area contributed by atoms with Crippen LogP contribution >= 0.6 is 0 Å². The first-order valence-corrected chi connectivity index (χ1v) is 11.1. The molecule has 0 radical (unpaired) electrons. The van der Waals surface area contributed by atoms with Gasteiger partial charge in [-0.25, -0.2) is 0 Å². The van der Waals surface area contributed by atoms with E-state index in [2.05, 4.69) is 51.7 Å². The molecular weight excluding hydrogens is 376 g/mol. The maximum Gasteiger partial charge on any atom is 0.254 e. The lowest BCUT2D eigenvalue weighted by atomic mass is 9.73. The van der Waals surface area contributed by atoms with Crippen molar-refractivity contribution >= 4 is 12.0 Å². The SMILES string of the molecule is CCn1cc(C(=O)NC[C@H]2[C@H]3CN(CC=Cc4ccccc4)C[C@]34CC[C@H]2O4)cn1. The third-order valence-electron chi connectivity index (χ3n) is 7.05. The second-order valence-corrected chi connectivity index (χ2v) is 8.83. The highest BCUT2D eigenvalue weighted by molar-refractivity contribution is 5.93. The minimum atomic E-state index is -0.0350. The Morgan fingerprint density at radius 3 is 3.03 bits per heavy atom. The molecular formula is C24H30N4O2. The van der Waals surface area contributed by atoms with Gasteiger partial charge in [0.25, 0.3) is 5.91 Å². The maximum absolute atomic E-state index is 12.5. The molecule has 1 N–H and O–H groups in total. The molecule has 0 unspecified atom stereocenters.